The second-order valence-corrected chi connectivity index (χ2v) is 15.1. The third kappa shape index (κ3) is 3.19. The Labute approximate surface area is 282 Å². The van der Waals surface area contributed by atoms with E-state index in [1.165, 1.54) is 92.2 Å². The van der Waals surface area contributed by atoms with Gasteiger partial charge in [0.1, 0.15) is 6.26 Å². The molecule has 0 radical (unpaired) electrons. The van der Waals surface area contributed by atoms with Gasteiger partial charge in [-0.25, -0.2) is 0 Å². The van der Waals surface area contributed by atoms with Gasteiger partial charge < -0.3 is 4.57 Å². The van der Waals surface area contributed by atoms with E-state index in [-0.39, 0.29) is 10.9 Å². The molecule has 48 heavy (non-hydrogen) atoms. The largest absolute Gasteiger partial charge is 0.309 e. The average molecular weight is 629 g/mol. The monoisotopic (exact) mass is 628 g/mol. The van der Waals surface area contributed by atoms with Crippen molar-refractivity contribution in [2.45, 2.75) is 15.2 Å². The van der Waals surface area contributed by atoms with E-state index >= 15 is 0 Å². The highest BCUT2D eigenvalue weighted by atomic mass is 32.2. The molecule has 1 aromatic heterocycles. The molecular formula is C46H30NS+. The Balaban J connectivity index is 1.28. The fraction of sp³-hybridized carbons (Fsp3) is 0.0435. The van der Waals surface area contributed by atoms with E-state index < -0.39 is 5.41 Å². The summed E-state index contributed by atoms with van der Waals surface area (Å²) in [4.78, 5) is 2.88. The summed E-state index contributed by atoms with van der Waals surface area (Å²) in [6, 6.07) is 61.8. The van der Waals surface area contributed by atoms with Crippen molar-refractivity contribution in [3.8, 4) is 16.8 Å². The maximum absolute atomic E-state index is 2.53. The molecule has 2 aliphatic rings. The lowest BCUT2D eigenvalue weighted by atomic mass is 9.62. The molecule has 2 heteroatoms. The molecule has 0 bridgehead atoms. The maximum atomic E-state index is 2.53. The van der Waals surface area contributed by atoms with Gasteiger partial charge in [0.25, 0.3) is 0 Å². The number of aromatic nitrogens is 1. The van der Waals surface area contributed by atoms with E-state index in [1.807, 2.05) is 0 Å². The number of para-hydroxylation sites is 3. The highest BCUT2D eigenvalue weighted by molar-refractivity contribution is 7.96. The van der Waals surface area contributed by atoms with Crippen LogP contribution in [0.1, 0.15) is 22.3 Å². The lowest BCUT2D eigenvalue weighted by Gasteiger charge is -2.44. The Bertz CT molecular complexity index is 2820. The molecule has 8 aromatic carbocycles. The summed E-state index contributed by atoms with van der Waals surface area (Å²) in [7, 11) is -0.141. The van der Waals surface area contributed by atoms with Crippen LogP contribution in [0.5, 0.6) is 0 Å². The molecule has 1 nitrogen and oxygen atoms in total. The number of fused-ring (bicyclic) bond motifs is 14. The van der Waals surface area contributed by atoms with Crippen LogP contribution in [0, 0.1) is 0 Å². The molecule has 0 amide bonds. The molecule has 9 aromatic rings. The van der Waals surface area contributed by atoms with E-state index in [0.29, 0.717) is 0 Å². The van der Waals surface area contributed by atoms with Crippen LogP contribution >= 0.6 is 0 Å². The van der Waals surface area contributed by atoms with Gasteiger partial charge in [-0.15, -0.1) is 0 Å². The zero-order valence-electron chi connectivity index (χ0n) is 26.4. The van der Waals surface area contributed by atoms with Crippen molar-refractivity contribution >= 4 is 54.2 Å². The number of hydrogen-bond acceptors (Lipinski definition) is 0. The van der Waals surface area contributed by atoms with Crippen molar-refractivity contribution < 1.29 is 0 Å². The summed E-state index contributed by atoms with van der Waals surface area (Å²) in [6.07, 6.45) is 2.44. The molecule has 3 heterocycles. The standard InChI is InChI=1S/C46H30NS/c1-48-43-23-9-6-18-38(43)46(37-17-5-8-22-42(37)47-41-21-7-4-14-35(41)36-16-11-19-39(46)44(36)47)40-20-10-15-34(45(40)48)31-26-27-33-30(28-31)25-24-29-12-2-3-13-32(29)33/h2-28H,1H3/q+1. The second kappa shape index (κ2) is 9.50. The normalized spacial score (nSPS) is 17.6. The number of rotatable bonds is 1. The first kappa shape index (κ1) is 26.5. The van der Waals surface area contributed by atoms with Crippen molar-refractivity contribution in [1.29, 1.82) is 0 Å². The lowest BCUT2D eigenvalue weighted by molar-refractivity contribution is 0.688. The van der Waals surface area contributed by atoms with Crippen LogP contribution in [0.3, 0.4) is 0 Å². The van der Waals surface area contributed by atoms with Gasteiger partial charge in [0.15, 0.2) is 9.79 Å². The summed E-state index contributed by atoms with van der Waals surface area (Å²) in [5.41, 5.74) is 11.5. The second-order valence-electron chi connectivity index (χ2n) is 13.2. The quantitative estimate of drug-likeness (QED) is 0.126. The molecule has 0 fully saturated rings. The van der Waals surface area contributed by atoms with Gasteiger partial charge in [-0.1, -0.05) is 133 Å². The van der Waals surface area contributed by atoms with Crippen LogP contribution in [0.25, 0.3) is 60.2 Å². The Kier molecular flexibility index (Phi) is 5.24. The minimum Gasteiger partial charge on any atom is -0.309 e. The van der Waals surface area contributed by atoms with E-state index in [9.17, 15) is 0 Å². The predicted molar refractivity (Wildman–Crippen MR) is 203 cm³/mol. The van der Waals surface area contributed by atoms with Crippen LogP contribution in [0.2, 0.25) is 0 Å². The Hall–Kier alpha value is -5.57. The molecule has 0 N–H and O–H groups in total. The third-order valence-corrected chi connectivity index (χ3v) is 13.1. The first-order valence-corrected chi connectivity index (χ1v) is 18.3. The molecule has 2 unspecified atom stereocenters. The van der Waals surface area contributed by atoms with Crippen molar-refractivity contribution in [3.05, 3.63) is 186 Å². The number of hydrogen-bond donors (Lipinski definition) is 0. The molecule has 224 valence electrons. The molecule has 2 aliphatic heterocycles. The van der Waals surface area contributed by atoms with Gasteiger partial charge in [-0.3, -0.25) is 0 Å². The fourth-order valence-corrected chi connectivity index (χ4v) is 11.3. The maximum Gasteiger partial charge on any atom is 0.172 e. The minimum atomic E-state index is -0.463. The Morgan fingerprint density at radius 3 is 2.08 bits per heavy atom. The fourth-order valence-electron chi connectivity index (χ4n) is 9.15. The SMILES string of the molecule is C[S+]1c2ccccc2C2(c3ccccc3-n3c4ccccc4c4cccc2c43)c2cccc(-c3ccc4c(ccc5ccccc54)c3)c21. The van der Waals surface area contributed by atoms with E-state index in [1.54, 1.807) is 0 Å². The van der Waals surface area contributed by atoms with Crippen LogP contribution in [0.4, 0.5) is 0 Å². The third-order valence-electron chi connectivity index (χ3n) is 11.0. The molecule has 0 saturated carbocycles. The lowest BCUT2D eigenvalue weighted by Crippen LogP contribution is -2.40. The minimum absolute atomic E-state index is 0.141. The summed E-state index contributed by atoms with van der Waals surface area (Å²) in [5, 5.41) is 7.80. The summed E-state index contributed by atoms with van der Waals surface area (Å²) in [5.74, 6) is 0. The van der Waals surface area contributed by atoms with Crippen molar-refractivity contribution in [2.24, 2.45) is 0 Å². The predicted octanol–water partition coefficient (Wildman–Crippen LogP) is 11.4. The van der Waals surface area contributed by atoms with Crippen LogP contribution in [-0.2, 0) is 16.3 Å². The van der Waals surface area contributed by atoms with Crippen LogP contribution in [0.15, 0.2) is 174 Å². The molecular weight excluding hydrogens is 599 g/mol. The number of nitrogens with zero attached hydrogens (tertiary/aromatic N) is 1. The Morgan fingerprint density at radius 1 is 0.479 bits per heavy atom. The molecule has 0 saturated heterocycles. The van der Waals surface area contributed by atoms with Crippen molar-refractivity contribution in [2.75, 3.05) is 6.26 Å². The van der Waals surface area contributed by atoms with Crippen LogP contribution < -0.4 is 0 Å². The molecule has 1 spiro atoms. The van der Waals surface area contributed by atoms with Gasteiger partial charge in [-0.2, -0.15) is 0 Å². The molecule has 11 rings (SSSR count). The topological polar surface area (TPSA) is 4.93 Å². The van der Waals surface area contributed by atoms with Gasteiger partial charge >= 0.3 is 0 Å². The van der Waals surface area contributed by atoms with Gasteiger partial charge in [0, 0.05) is 27.5 Å². The van der Waals surface area contributed by atoms with Gasteiger partial charge in [0.05, 0.1) is 33.0 Å². The summed E-state index contributed by atoms with van der Waals surface area (Å²) < 4.78 is 2.53. The van der Waals surface area contributed by atoms with Gasteiger partial charge in [0.2, 0.25) is 0 Å². The van der Waals surface area contributed by atoms with E-state index in [2.05, 4.69) is 175 Å². The summed E-state index contributed by atoms with van der Waals surface area (Å²) >= 11 is 0. The summed E-state index contributed by atoms with van der Waals surface area (Å²) in [6.45, 7) is 0. The highest BCUT2D eigenvalue weighted by Gasteiger charge is 2.54. The average Bonchev–Trinajstić information content (AvgIpc) is 3.50. The first-order chi connectivity index (χ1) is 23.7. The van der Waals surface area contributed by atoms with Crippen molar-refractivity contribution in [1.82, 2.24) is 4.57 Å². The zero-order chi connectivity index (χ0) is 31.6. The highest BCUT2D eigenvalue weighted by Crippen LogP contribution is 2.60. The Morgan fingerprint density at radius 2 is 1.15 bits per heavy atom. The zero-order valence-corrected chi connectivity index (χ0v) is 27.3. The molecule has 2 atom stereocenters. The van der Waals surface area contributed by atoms with E-state index in [4.69, 9.17) is 0 Å². The van der Waals surface area contributed by atoms with E-state index in [0.717, 1.165) is 0 Å². The first-order valence-electron chi connectivity index (χ1n) is 16.7. The smallest absolute Gasteiger partial charge is 0.172 e. The molecule has 0 aliphatic carbocycles. The van der Waals surface area contributed by atoms with Crippen LogP contribution in [-0.4, -0.2) is 10.8 Å². The van der Waals surface area contributed by atoms with Crippen molar-refractivity contribution in [3.63, 3.8) is 0 Å². The van der Waals surface area contributed by atoms with Gasteiger partial charge in [-0.05, 0) is 68.6 Å². The number of benzene rings is 8.